The minimum atomic E-state index is -0.207. The molecule has 4 aromatic rings. The Kier molecular flexibility index (Phi) is 4.93. The molecular formula is C24H25N5O. The lowest BCUT2D eigenvalue weighted by molar-refractivity contribution is 0.176. The molecule has 0 radical (unpaired) electrons. The van der Waals surface area contributed by atoms with Crippen molar-refractivity contribution in [1.29, 1.82) is 0 Å². The quantitative estimate of drug-likeness (QED) is 0.539. The Hall–Kier alpha value is -3.25. The molecule has 6 heteroatoms. The first-order valence-corrected chi connectivity index (χ1v) is 10.5. The fraction of sp³-hybridized carbons (Fsp3) is 0.292. The highest BCUT2D eigenvalue weighted by molar-refractivity contribution is 5.86. The molecule has 1 aromatic carbocycles. The average molecular weight is 399 g/mol. The van der Waals surface area contributed by atoms with Crippen LogP contribution in [0.5, 0.6) is 0 Å². The molecule has 1 atom stereocenters. The first-order chi connectivity index (χ1) is 14.7. The van der Waals surface area contributed by atoms with Gasteiger partial charge in [0.25, 0.3) is 5.56 Å². The highest BCUT2D eigenvalue weighted by atomic mass is 16.1. The van der Waals surface area contributed by atoms with Crippen molar-refractivity contribution in [3.05, 3.63) is 70.8 Å². The van der Waals surface area contributed by atoms with Gasteiger partial charge in [0, 0.05) is 41.9 Å². The summed E-state index contributed by atoms with van der Waals surface area (Å²) in [5.74, 6) is 0.773. The summed E-state index contributed by atoms with van der Waals surface area (Å²) in [6.45, 7) is 5.65. The third kappa shape index (κ3) is 3.78. The van der Waals surface area contributed by atoms with Gasteiger partial charge in [0.15, 0.2) is 0 Å². The number of benzene rings is 1. The van der Waals surface area contributed by atoms with Crippen LogP contribution < -0.4 is 5.56 Å². The van der Waals surface area contributed by atoms with E-state index < -0.39 is 0 Å². The highest BCUT2D eigenvalue weighted by Gasteiger charge is 2.17. The Labute approximate surface area is 175 Å². The minimum Gasteiger partial charge on any atom is -0.354 e. The molecule has 1 saturated heterocycles. The zero-order chi connectivity index (χ0) is 20.5. The second-order valence-electron chi connectivity index (χ2n) is 8.32. The molecule has 5 rings (SSSR count). The Morgan fingerprint density at radius 3 is 2.83 bits per heavy atom. The molecule has 1 aliphatic rings. The summed E-state index contributed by atoms with van der Waals surface area (Å²) >= 11 is 0. The molecule has 0 saturated carbocycles. The third-order valence-corrected chi connectivity index (χ3v) is 5.90. The number of hydrogen-bond acceptors (Lipinski definition) is 4. The predicted molar refractivity (Wildman–Crippen MR) is 119 cm³/mol. The molecule has 30 heavy (non-hydrogen) atoms. The zero-order valence-electron chi connectivity index (χ0n) is 17.1. The lowest BCUT2D eigenvalue weighted by atomic mass is 9.99. The fourth-order valence-corrected chi connectivity index (χ4v) is 4.39. The van der Waals surface area contributed by atoms with E-state index in [1.807, 2.05) is 18.2 Å². The van der Waals surface area contributed by atoms with Crippen molar-refractivity contribution >= 4 is 10.9 Å². The number of nitrogens with one attached hydrogen (secondary N) is 2. The van der Waals surface area contributed by atoms with Crippen LogP contribution in [0.15, 0.2) is 59.7 Å². The van der Waals surface area contributed by atoms with Crippen LogP contribution in [-0.4, -0.2) is 38.2 Å². The third-order valence-electron chi connectivity index (χ3n) is 5.90. The number of piperidine rings is 1. The topological polar surface area (TPSA) is 77.7 Å². The molecule has 3 aromatic heterocycles. The summed E-state index contributed by atoms with van der Waals surface area (Å²) in [6.07, 6.45) is 6.05. The second kappa shape index (κ2) is 7.88. The van der Waals surface area contributed by atoms with E-state index in [0.29, 0.717) is 11.3 Å². The van der Waals surface area contributed by atoms with E-state index in [1.54, 1.807) is 12.4 Å². The number of rotatable bonds is 4. The van der Waals surface area contributed by atoms with Gasteiger partial charge in [-0.05, 0) is 67.3 Å². The van der Waals surface area contributed by atoms with Gasteiger partial charge in [0.2, 0.25) is 0 Å². The van der Waals surface area contributed by atoms with Crippen LogP contribution in [0.1, 0.15) is 25.3 Å². The van der Waals surface area contributed by atoms with Crippen molar-refractivity contribution in [1.82, 2.24) is 25.1 Å². The van der Waals surface area contributed by atoms with Crippen LogP contribution in [0.3, 0.4) is 0 Å². The van der Waals surface area contributed by atoms with Crippen molar-refractivity contribution in [3.63, 3.8) is 0 Å². The molecule has 6 nitrogen and oxygen atoms in total. The average Bonchev–Trinajstić information content (AvgIpc) is 3.18. The Morgan fingerprint density at radius 2 is 2.00 bits per heavy atom. The molecule has 0 spiro atoms. The van der Waals surface area contributed by atoms with Crippen LogP contribution in [0.2, 0.25) is 0 Å². The molecule has 2 N–H and O–H groups in total. The van der Waals surface area contributed by atoms with Crippen molar-refractivity contribution in [2.75, 3.05) is 13.1 Å². The summed E-state index contributed by atoms with van der Waals surface area (Å²) in [5, 5.41) is 7.94. The van der Waals surface area contributed by atoms with Crippen LogP contribution >= 0.6 is 0 Å². The summed E-state index contributed by atoms with van der Waals surface area (Å²) in [5.41, 5.74) is 5.14. The van der Waals surface area contributed by atoms with Crippen LogP contribution in [0.25, 0.3) is 33.4 Å². The first kappa shape index (κ1) is 18.8. The van der Waals surface area contributed by atoms with E-state index in [2.05, 4.69) is 56.3 Å². The standard InChI is InChI=1S/C24H25N5O/c1-16-3-2-10-29(14-16)15-17-4-5-21-19(11-17)12-23(26-21)20-13-22(27-28-24(20)30)18-6-8-25-9-7-18/h4-9,11-13,16,26H,2-3,10,14-15H2,1H3,(H,28,30). The highest BCUT2D eigenvalue weighted by Crippen LogP contribution is 2.26. The Morgan fingerprint density at radius 1 is 1.13 bits per heavy atom. The van der Waals surface area contributed by atoms with E-state index in [1.165, 1.54) is 31.5 Å². The number of pyridine rings is 1. The predicted octanol–water partition coefficient (Wildman–Crippen LogP) is 4.21. The van der Waals surface area contributed by atoms with Gasteiger partial charge in [0.05, 0.1) is 17.0 Å². The number of aromatic amines is 2. The van der Waals surface area contributed by atoms with Crippen molar-refractivity contribution in [2.24, 2.45) is 5.92 Å². The summed E-state index contributed by atoms with van der Waals surface area (Å²) in [7, 11) is 0. The van der Waals surface area contributed by atoms with E-state index >= 15 is 0 Å². The van der Waals surface area contributed by atoms with Gasteiger partial charge in [-0.15, -0.1) is 0 Å². The van der Waals surface area contributed by atoms with Crippen LogP contribution in [0.4, 0.5) is 0 Å². The molecule has 4 heterocycles. The van der Waals surface area contributed by atoms with Crippen molar-refractivity contribution in [2.45, 2.75) is 26.3 Å². The lowest BCUT2D eigenvalue weighted by Gasteiger charge is -2.30. The molecular weight excluding hydrogens is 374 g/mol. The van der Waals surface area contributed by atoms with Gasteiger partial charge in [-0.1, -0.05) is 13.0 Å². The van der Waals surface area contributed by atoms with Gasteiger partial charge < -0.3 is 4.98 Å². The van der Waals surface area contributed by atoms with Gasteiger partial charge in [-0.2, -0.15) is 5.10 Å². The summed E-state index contributed by atoms with van der Waals surface area (Å²) in [4.78, 5) is 22.5. The molecule has 0 amide bonds. The van der Waals surface area contributed by atoms with Gasteiger partial charge in [0.1, 0.15) is 0 Å². The van der Waals surface area contributed by atoms with E-state index in [4.69, 9.17) is 0 Å². The molecule has 1 unspecified atom stereocenters. The van der Waals surface area contributed by atoms with Gasteiger partial charge in [-0.3, -0.25) is 14.7 Å². The number of nitrogens with zero attached hydrogens (tertiary/aromatic N) is 3. The number of hydrogen-bond donors (Lipinski definition) is 2. The zero-order valence-corrected chi connectivity index (χ0v) is 17.1. The van der Waals surface area contributed by atoms with Crippen molar-refractivity contribution < 1.29 is 0 Å². The smallest absolute Gasteiger partial charge is 0.273 e. The van der Waals surface area contributed by atoms with E-state index in [9.17, 15) is 4.79 Å². The largest absolute Gasteiger partial charge is 0.354 e. The SMILES string of the molecule is CC1CCCN(Cc2ccc3[nH]c(-c4cc(-c5ccncc5)n[nH]c4=O)cc3c2)C1. The normalized spacial score (nSPS) is 17.4. The maximum atomic E-state index is 12.5. The molecule has 0 bridgehead atoms. The number of fused-ring (bicyclic) bond motifs is 1. The van der Waals surface area contributed by atoms with E-state index in [0.717, 1.165) is 34.6 Å². The second-order valence-corrected chi connectivity index (χ2v) is 8.32. The van der Waals surface area contributed by atoms with Gasteiger partial charge in [-0.25, -0.2) is 5.10 Å². The lowest BCUT2D eigenvalue weighted by Crippen LogP contribution is -2.33. The minimum absolute atomic E-state index is 0.207. The maximum absolute atomic E-state index is 12.5. The number of aromatic nitrogens is 4. The van der Waals surface area contributed by atoms with Crippen LogP contribution in [-0.2, 0) is 6.54 Å². The summed E-state index contributed by atoms with van der Waals surface area (Å²) < 4.78 is 0. The number of H-pyrrole nitrogens is 2. The monoisotopic (exact) mass is 399 g/mol. The van der Waals surface area contributed by atoms with Crippen molar-refractivity contribution in [3.8, 4) is 22.5 Å². The van der Waals surface area contributed by atoms with E-state index in [-0.39, 0.29) is 5.56 Å². The van der Waals surface area contributed by atoms with Crippen LogP contribution in [0, 0.1) is 5.92 Å². The summed E-state index contributed by atoms with van der Waals surface area (Å²) in [6, 6.07) is 14.2. The fourth-order valence-electron chi connectivity index (χ4n) is 4.39. The van der Waals surface area contributed by atoms with Gasteiger partial charge >= 0.3 is 0 Å². The first-order valence-electron chi connectivity index (χ1n) is 10.5. The molecule has 152 valence electrons. The molecule has 1 fully saturated rings. The molecule has 1 aliphatic heterocycles. The number of likely N-dealkylation sites (tertiary alicyclic amines) is 1. The molecule has 0 aliphatic carbocycles. The Bertz CT molecular complexity index is 1230. The maximum Gasteiger partial charge on any atom is 0.273 e. The Balaban J connectivity index is 1.46.